The molecule has 2 aliphatic carbocycles. The predicted molar refractivity (Wildman–Crippen MR) is 119 cm³/mol. The Morgan fingerprint density at radius 2 is 1.87 bits per heavy atom. The lowest BCUT2D eigenvalue weighted by Gasteiger charge is -2.52. The molecule has 0 unspecified atom stereocenters. The molecule has 2 saturated heterocycles. The molecule has 1 saturated carbocycles. The van der Waals surface area contributed by atoms with Crippen molar-refractivity contribution in [1.29, 1.82) is 0 Å². The largest absolute Gasteiger partial charge is 0.467 e. The van der Waals surface area contributed by atoms with Gasteiger partial charge in [0.05, 0.1) is 18.5 Å². The van der Waals surface area contributed by atoms with E-state index in [2.05, 4.69) is 26.8 Å². The third kappa shape index (κ3) is 4.00. The second kappa shape index (κ2) is 7.77. The maximum absolute atomic E-state index is 12.0. The van der Waals surface area contributed by atoms with E-state index >= 15 is 0 Å². The summed E-state index contributed by atoms with van der Waals surface area (Å²) < 4.78 is 24.1. The van der Waals surface area contributed by atoms with Crippen LogP contribution in [0.5, 0.6) is 0 Å². The molecule has 0 amide bonds. The summed E-state index contributed by atoms with van der Waals surface area (Å²) in [6.45, 7) is 13.3. The van der Waals surface area contributed by atoms with E-state index in [9.17, 15) is 4.79 Å². The molecule has 2 bridgehead atoms. The van der Waals surface area contributed by atoms with Crippen LogP contribution in [0.1, 0.15) is 67.2 Å². The first-order valence-electron chi connectivity index (χ1n) is 11.6. The van der Waals surface area contributed by atoms with Crippen LogP contribution >= 0.6 is 0 Å². The third-order valence-corrected chi connectivity index (χ3v) is 8.26. The fraction of sp³-hybridized carbons (Fsp3) is 0.731. The van der Waals surface area contributed by atoms with Crippen LogP contribution in [0.15, 0.2) is 35.3 Å². The van der Waals surface area contributed by atoms with E-state index in [0.29, 0.717) is 18.4 Å². The van der Waals surface area contributed by atoms with Crippen LogP contribution < -0.4 is 0 Å². The molecule has 172 valence electrons. The Morgan fingerprint density at radius 3 is 2.55 bits per heavy atom. The Kier molecular flexibility index (Phi) is 5.66. The second-order valence-electron chi connectivity index (χ2n) is 11.2. The lowest BCUT2D eigenvalue weighted by molar-refractivity contribution is -0.168. The molecule has 2 heterocycles. The topological polar surface area (TPSA) is 54.0 Å². The summed E-state index contributed by atoms with van der Waals surface area (Å²) in [6.07, 6.45) is 9.39. The maximum Gasteiger partial charge on any atom is 0.335 e. The molecule has 5 nitrogen and oxygen atoms in total. The standard InChI is InChI=1S/C26H38O5/c1-16(2)12-22(27)29-11-9-21-18-14-26(6,28-7)31-23(18)19-15-30-24(3,4)20-8-10-25(21,5)13-17(19)20/h9,11-12,17-18,20-21H,8,10,13-15H2,1-7H3/b11-9+/t17-,18+,20-,21+,25+,26+/m1/s1. The van der Waals surface area contributed by atoms with Crippen molar-refractivity contribution >= 4 is 5.97 Å². The number of rotatable bonds is 4. The molecule has 3 fully saturated rings. The summed E-state index contributed by atoms with van der Waals surface area (Å²) in [5.41, 5.74) is 2.24. The summed E-state index contributed by atoms with van der Waals surface area (Å²) in [5, 5.41) is 0. The van der Waals surface area contributed by atoms with Crippen LogP contribution in [0.2, 0.25) is 0 Å². The maximum atomic E-state index is 12.0. The summed E-state index contributed by atoms with van der Waals surface area (Å²) in [4.78, 5) is 12.0. The minimum Gasteiger partial charge on any atom is -0.467 e. The highest BCUT2D eigenvalue weighted by atomic mass is 16.7. The Hall–Kier alpha value is -1.59. The minimum atomic E-state index is -0.637. The highest BCUT2D eigenvalue weighted by Crippen LogP contribution is 2.62. The van der Waals surface area contributed by atoms with Gasteiger partial charge >= 0.3 is 5.97 Å². The molecule has 6 atom stereocenters. The summed E-state index contributed by atoms with van der Waals surface area (Å²) in [5.74, 6) is 1.45. The average Bonchev–Trinajstić information content (AvgIpc) is 2.98. The van der Waals surface area contributed by atoms with E-state index in [0.717, 1.165) is 37.0 Å². The molecule has 31 heavy (non-hydrogen) atoms. The van der Waals surface area contributed by atoms with Gasteiger partial charge in [0, 0.05) is 32.4 Å². The van der Waals surface area contributed by atoms with E-state index in [-0.39, 0.29) is 28.8 Å². The number of ether oxygens (including phenoxy) is 4. The van der Waals surface area contributed by atoms with Gasteiger partial charge in [0.1, 0.15) is 5.76 Å². The molecule has 5 heteroatoms. The smallest absolute Gasteiger partial charge is 0.335 e. The van der Waals surface area contributed by atoms with E-state index < -0.39 is 5.79 Å². The van der Waals surface area contributed by atoms with Crippen LogP contribution in [0.3, 0.4) is 0 Å². The first-order chi connectivity index (χ1) is 14.5. The van der Waals surface area contributed by atoms with Gasteiger partial charge in [0.15, 0.2) is 0 Å². The van der Waals surface area contributed by atoms with Crippen LogP contribution in [-0.4, -0.2) is 31.1 Å². The monoisotopic (exact) mass is 430 g/mol. The lowest BCUT2D eigenvalue weighted by Crippen LogP contribution is -2.50. The van der Waals surface area contributed by atoms with Gasteiger partial charge in [-0.05, 0) is 81.8 Å². The Balaban J connectivity index is 1.72. The number of carbonyl (C=O) groups is 1. The normalized spacial score (nSPS) is 40.7. The highest BCUT2D eigenvalue weighted by Gasteiger charge is 2.58. The van der Waals surface area contributed by atoms with Gasteiger partial charge in [0.2, 0.25) is 5.79 Å². The molecule has 2 aliphatic heterocycles. The van der Waals surface area contributed by atoms with Gasteiger partial charge in [-0.3, -0.25) is 0 Å². The number of hydrogen-bond donors (Lipinski definition) is 0. The van der Waals surface area contributed by atoms with Crippen molar-refractivity contribution in [2.24, 2.45) is 29.1 Å². The molecular formula is C26H38O5. The zero-order chi connectivity index (χ0) is 22.6. The number of hydrogen-bond acceptors (Lipinski definition) is 5. The van der Waals surface area contributed by atoms with Gasteiger partial charge in [-0.25, -0.2) is 4.79 Å². The van der Waals surface area contributed by atoms with Gasteiger partial charge in [-0.1, -0.05) is 12.5 Å². The van der Waals surface area contributed by atoms with Crippen molar-refractivity contribution in [3.05, 3.63) is 35.3 Å². The number of esters is 1. The fourth-order valence-corrected chi connectivity index (χ4v) is 6.54. The lowest BCUT2D eigenvalue weighted by atomic mass is 9.56. The first kappa shape index (κ1) is 22.6. The van der Waals surface area contributed by atoms with Crippen molar-refractivity contribution < 1.29 is 23.7 Å². The fourth-order valence-electron chi connectivity index (χ4n) is 6.54. The molecule has 0 aromatic carbocycles. The molecular weight excluding hydrogens is 392 g/mol. The van der Waals surface area contributed by atoms with Crippen molar-refractivity contribution in [2.75, 3.05) is 13.7 Å². The van der Waals surface area contributed by atoms with Crippen LogP contribution in [0, 0.1) is 29.1 Å². The van der Waals surface area contributed by atoms with Gasteiger partial charge in [0.25, 0.3) is 0 Å². The van der Waals surface area contributed by atoms with Crippen molar-refractivity contribution in [3.63, 3.8) is 0 Å². The van der Waals surface area contributed by atoms with Crippen molar-refractivity contribution in [3.8, 4) is 0 Å². The summed E-state index contributed by atoms with van der Waals surface area (Å²) in [7, 11) is 1.72. The SMILES string of the molecule is CO[C@]1(C)C[C@@H]2C(=C3COC(C)(C)[C@@H]4CC[C@@](C)(C[C@H]34)[C@H]2/C=C/OC(=O)C=C(C)C)O1. The van der Waals surface area contributed by atoms with E-state index in [4.69, 9.17) is 18.9 Å². The Labute approximate surface area is 186 Å². The quantitative estimate of drug-likeness (QED) is 0.334. The minimum absolute atomic E-state index is 0.105. The zero-order valence-electron chi connectivity index (χ0n) is 20.1. The van der Waals surface area contributed by atoms with Gasteiger partial charge in [-0.15, -0.1) is 0 Å². The van der Waals surface area contributed by atoms with Gasteiger partial charge in [-0.2, -0.15) is 0 Å². The van der Waals surface area contributed by atoms with E-state index in [1.54, 1.807) is 13.4 Å². The molecule has 0 radical (unpaired) electrons. The van der Waals surface area contributed by atoms with Crippen LogP contribution in [0.4, 0.5) is 0 Å². The summed E-state index contributed by atoms with van der Waals surface area (Å²) >= 11 is 0. The molecule has 0 spiro atoms. The molecule has 4 aliphatic rings. The van der Waals surface area contributed by atoms with Crippen molar-refractivity contribution in [2.45, 2.75) is 78.6 Å². The van der Waals surface area contributed by atoms with Gasteiger partial charge < -0.3 is 18.9 Å². The first-order valence-corrected chi connectivity index (χ1v) is 11.6. The molecule has 0 N–H and O–H groups in total. The van der Waals surface area contributed by atoms with Crippen molar-refractivity contribution in [1.82, 2.24) is 0 Å². The Morgan fingerprint density at radius 1 is 1.13 bits per heavy atom. The molecule has 0 aromatic rings. The second-order valence-corrected chi connectivity index (χ2v) is 11.2. The van der Waals surface area contributed by atoms with E-state index in [1.807, 2.05) is 20.8 Å². The highest BCUT2D eigenvalue weighted by molar-refractivity contribution is 5.83. The zero-order valence-corrected chi connectivity index (χ0v) is 20.1. The predicted octanol–water partition coefficient (Wildman–Crippen LogP) is 5.52. The third-order valence-electron chi connectivity index (χ3n) is 8.26. The van der Waals surface area contributed by atoms with E-state index in [1.165, 1.54) is 11.6 Å². The summed E-state index contributed by atoms with van der Waals surface area (Å²) in [6, 6.07) is 0. The number of carbonyl (C=O) groups excluding carboxylic acids is 1. The number of allylic oxidation sites excluding steroid dienone is 3. The Bertz CT molecular complexity index is 833. The van der Waals surface area contributed by atoms with Crippen LogP contribution in [-0.2, 0) is 23.7 Å². The number of fused-ring (bicyclic) bond motifs is 2. The number of methoxy groups -OCH3 is 1. The van der Waals surface area contributed by atoms with Crippen LogP contribution in [0.25, 0.3) is 0 Å². The molecule has 0 aromatic heterocycles. The molecule has 4 rings (SSSR count). The average molecular weight is 431 g/mol.